The van der Waals surface area contributed by atoms with Gasteiger partial charge in [-0.15, -0.1) is 0 Å². The Morgan fingerprint density at radius 3 is 2.06 bits per heavy atom. The van der Waals surface area contributed by atoms with E-state index in [9.17, 15) is 0 Å². The molecule has 2 rings (SSSR count). The molecule has 0 amide bonds. The zero-order valence-corrected chi connectivity index (χ0v) is 11.6. The Hall–Kier alpha value is -0.0800. The van der Waals surface area contributed by atoms with Gasteiger partial charge in [0.2, 0.25) is 0 Å². The van der Waals surface area contributed by atoms with Gasteiger partial charge in [-0.3, -0.25) is 4.90 Å². The predicted octanol–water partition coefficient (Wildman–Crippen LogP) is 2.59. The minimum Gasteiger partial charge on any atom is -0.303 e. The highest BCUT2D eigenvalue weighted by Gasteiger charge is 2.43. The first-order chi connectivity index (χ1) is 7.39. The molecular formula is C14H28N2. The van der Waals surface area contributed by atoms with Crippen LogP contribution in [0.15, 0.2) is 0 Å². The van der Waals surface area contributed by atoms with Gasteiger partial charge in [-0.2, -0.15) is 0 Å². The SMILES string of the molecule is CC1(CN2CCCCC2)CN(C(C)(C)C)C1. The summed E-state index contributed by atoms with van der Waals surface area (Å²) in [7, 11) is 0. The van der Waals surface area contributed by atoms with E-state index in [2.05, 4.69) is 37.5 Å². The normalized spacial score (nSPS) is 27.8. The first kappa shape index (κ1) is 12.4. The molecule has 0 radical (unpaired) electrons. The van der Waals surface area contributed by atoms with Crippen LogP contribution in [0.2, 0.25) is 0 Å². The fourth-order valence-corrected chi connectivity index (χ4v) is 3.11. The molecular weight excluding hydrogens is 196 g/mol. The van der Waals surface area contributed by atoms with E-state index in [1.165, 1.54) is 52.0 Å². The molecule has 2 aliphatic rings. The molecule has 0 aliphatic carbocycles. The van der Waals surface area contributed by atoms with E-state index in [4.69, 9.17) is 0 Å². The van der Waals surface area contributed by atoms with Gasteiger partial charge >= 0.3 is 0 Å². The molecule has 0 spiro atoms. The van der Waals surface area contributed by atoms with Crippen LogP contribution >= 0.6 is 0 Å². The largest absolute Gasteiger partial charge is 0.303 e. The van der Waals surface area contributed by atoms with Crippen LogP contribution in [-0.2, 0) is 0 Å². The predicted molar refractivity (Wildman–Crippen MR) is 69.7 cm³/mol. The van der Waals surface area contributed by atoms with Gasteiger partial charge in [0.1, 0.15) is 0 Å². The van der Waals surface area contributed by atoms with Crippen molar-refractivity contribution in [1.82, 2.24) is 9.80 Å². The lowest BCUT2D eigenvalue weighted by atomic mass is 9.78. The molecule has 2 heteroatoms. The van der Waals surface area contributed by atoms with E-state index in [1.807, 2.05) is 0 Å². The van der Waals surface area contributed by atoms with E-state index in [0.29, 0.717) is 11.0 Å². The van der Waals surface area contributed by atoms with Crippen LogP contribution in [0.5, 0.6) is 0 Å². The van der Waals surface area contributed by atoms with Gasteiger partial charge in [0.05, 0.1) is 0 Å². The van der Waals surface area contributed by atoms with Crippen molar-refractivity contribution >= 4 is 0 Å². The Kier molecular flexibility index (Phi) is 3.33. The van der Waals surface area contributed by atoms with E-state index in [-0.39, 0.29) is 0 Å². The molecule has 0 bridgehead atoms. The summed E-state index contributed by atoms with van der Waals surface area (Å²) < 4.78 is 0. The number of piperidine rings is 1. The summed E-state index contributed by atoms with van der Waals surface area (Å²) in [5, 5.41) is 0. The van der Waals surface area contributed by atoms with Gasteiger partial charge in [0, 0.05) is 30.6 Å². The Labute approximate surface area is 101 Å². The van der Waals surface area contributed by atoms with Crippen molar-refractivity contribution in [3.63, 3.8) is 0 Å². The fourth-order valence-electron chi connectivity index (χ4n) is 3.11. The summed E-state index contributed by atoms with van der Waals surface area (Å²) in [6.07, 6.45) is 4.28. The maximum atomic E-state index is 2.68. The lowest BCUT2D eigenvalue weighted by Gasteiger charge is -2.55. The monoisotopic (exact) mass is 224 g/mol. The van der Waals surface area contributed by atoms with Crippen LogP contribution in [0, 0.1) is 5.41 Å². The summed E-state index contributed by atoms with van der Waals surface area (Å²) in [4.78, 5) is 5.29. The third-order valence-corrected chi connectivity index (χ3v) is 4.15. The van der Waals surface area contributed by atoms with Gasteiger partial charge in [-0.25, -0.2) is 0 Å². The van der Waals surface area contributed by atoms with Crippen molar-refractivity contribution in [2.75, 3.05) is 32.7 Å². The van der Waals surface area contributed by atoms with Crippen LogP contribution in [0.3, 0.4) is 0 Å². The number of likely N-dealkylation sites (tertiary alicyclic amines) is 2. The average molecular weight is 224 g/mol. The summed E-state index contributed by atoms with van der Waals surface area (Å²) in [6.45, 7) is 16.0. The molecule has 16 heavy (non-hydrogen) atoms. The lowest BCUT2D eigenvalue weighted by molar-refractivity contribution is -0.0662. The van der Waals surface area contributed by atoms with Gasteiger partial charge in [-0.05, 0) is 46.7 Å². The highest BCUT2D eigenvalue weighted by molar-refractivity contribution is 4.98. The standard InChI is InChI=1S/C14H28N2/c1-13(2,3)16-11-14(4,12-16)10-15-8-6-5-7-9-15/h5-12H2,1-4H3. The second-order valence-corrected chi connectivity index (χ2v) is 7.17. The highest BCUT2D eigenvalue weighted by Crippen LogP contribution is 2.36. The molecule has 2 aliphatic heterocycles. The van der Waals surface area contributed by atoms with E-state index in [0.717, 1.165) is 0 Å². The second-order valence-electron chi connectivity index (χ2n) is 7.17. The maximum absolute atomic E-state index is 2.68. The Morgan fingerprint density at radius 1 is 1.00 bits per heavy atom. The third-order valence-electron chi connectivity index (χ3n) is 4.15. The minimum atomic E-state index is 0.363. The Bertz CT molecular complexity index is 230. The molecule has 2 fully saturated rings. The van der Waals surface area contributed by atoms with Crippen molar-refractivity contribution in [2.24, 2.45) is 5.41 Å². The smallest absolute Gasteiger partial charge is 0.0125 e. The second kappa shape index (κ2) is 4.30. The van der Waals surface area contributed by atoms with Crippen molar-refractivity contribution in [2.45, 2.75) is 52.5 Å². The molecule has 0 aromatic carbocycles. The summed E-state index contributed by atoms with van der Waals surface area (Å²) in [6, 6.07) is 0. The van der Waals surface area contributed by atoms with Gasteiger partial charge < -0.3 is 4.90 Å². The van der Waals surface area contributed by atoms with E-state index in [1.54, 1.807) is 0 Å². The van der Waals surface area contributed by atoms with Crippen molar-refractivity contribution < 1.29 is 0 Å². The molecule has 0 unspecified atom stereocenters. The quantitative estimate of drug-likeness (QED) is 0.711. The fraction of sp³-hybridized carbons (Fsp3) is 1.00. The Balaban J connectivity index is 1.79. The summed E-state index contributed by atoms with van der Waals surface area (Å²) in [5.74, 6) is 0. The van der Waals surface area contributed by atoms with Crippen LogP contribution in [0.1, 0.15) is 47.0 Å². The van der Waals surface area contributed by atoms with E-state index >= 15 is 0 Å². The molecule has 2 saturated heterocycles. The molecule has 0 aromatic rings. The molecule has 0 aromatic heterocycles. The molecule has 2 heterocycles. The van der Waals surface area contributed by atoms with Gasteiger partial charge in [-0.1, -0.05) is 13.3 Å². The molecule has 0 atom stereocenters. The topological polar surface area (TPSA) is 6.48 Å². The zero-order chi connectivity index (χ0) is 11.8. The number of hydrogen-bond acceptors (Lipinski definition) is 2. The summed E-state index contributed by atoms with van der Waals surface area (Å²) >= 11 is 0. The first-order valence-corrected chi connectivity index (χ1v) is 6.87. The zero-order valence-electron chi connectivity index (χ0n) is 11.6. The first-order valence-electron chi connectivity index (χ1n) is 6.87. The highest BCUT2D eigenvalue weighted by atomic mass is 15.3. The maximum Gasteiger partial charge on any atom is 0.0125 e. The van der Waals surface area contributed by atoms with Crippen LogP contribution in [0.25, 0.3) is 0 Å². The van der Waals surface area contributed by atoms with Crippen molar-refractivity contribution in [3.8, 4) is 0 Å². The number of hydrogen-bond donors (Lipinski definition) is 0. The van der Waals surface area contributed by atoms with Crippen LogP contribution in [0.4, 0.5) is 0 Å². The van der Waals surface area contributed by atoms with Crippen LogP contribution < -0.4 is 0 Å². The lowest BCUT2D eigenvalue weighted by Crippen LogP contribution is -2.64. The Morgan fingerprint density at radius 2 is 1.56 bits per heavy atom. The van der Waals surface area contributed by atoms with Gasteiger partial charge in [0.15, 0.2) is 0 Å². The molecule has 0 saturated carbocycles. The van der Waals surface area contributed by atoms with Crippen molar-refractivity contribution in [3.05, 3.63) is 0 Å². The third kappa shape index (κ3) is 2.78. The van der Waals surface area contributed by atoms with E-state index < -0.39 is 0 Å². The summed E-state index contributed by atoms with van der Waals surface area (Å²) in [5.41, 5.74) is 0.923. The number of nitrogens with zero attached hydrogens (tertiary/aromatic N) is 2. The molecule has 2 nitrogen and oxygen atoms in total. The minimum absolute atomic E-state index is 0.363. The molecule has 94 valence electrons. The average Bonchev–Trinajstić information content (AvgIpc) is 2.14. The van der Waals surface area contributed by atoms with Crippen LogP contribution in [-0.4, -0.2) is 48.1 Å². The van der Waals surface area contributed by atoms with Crippen molar-refractivity contribution in [1.29, 1.82) is 0 Å². The van der Waals surface area contributed by atoms with Gasteiger partial charge in [0.25, 0.3) is 0 Å². The number of rotatable bonds is 2. The molecule has 0 N–H and O–H groups in total.